The smallest absolute Gasteiger partial charge is 0.387 e. The van der Waals surface area contributed by atoms with Crippen LogP contribution in [0.4, 0.5) is 8.78 Å². The van der Waals surface area contributed by atoms with E-state index in [1.807, 2.05) is 0 Å². The van der Waals surface area contributed by atoms with Crippen LogP contribution in [0.25, 0.3) is 10.9 Å². The number of carbonyl (C=O) groups excluding carboxylic acids is 1. The van der Waals surface area contributed by atoms with E-state index in [4.69, 9.17) is 4.74 Å². The quantitative estimate of drug-likeness (QED) is 0.793. The Hall–Kier alpha value is -2.44. The largest absolute Gasteiger partial charge is 0.462 e. The Morgan fingerprint density at radius 1 is 1.39 bits per heavy atom. The third kappa shape index (κ3) is 2.91. The van der Waals surface area contributed by atoms with Crippen LogP contribution in [0.1, 0.15) is 36.2 Å². The van der Waals surface area contributed by atoms with Gasteiger partial charge in [0.2, 0.25) is 5.43 Å². The van der Waals surface area contributed by atoms with Gasteiger partial charge in [-0.15, -0.1) is 0 Å². The van der Waals surface area contributed by atoms with Gasteiger partial charge in [-0.25, -0.2) is 4.79 Å². The van der Waals surface area contributed by atoms with Crippen LogP contribution in [0.3, 0.4) is 0 Å². The standard InChI is InChI=1S/C16H15F2NO4/c1-2-22-15(21)11-8-19(9-6-7-9)13-10(14(11)20)4-3-5-12(13)23-16(17)18/h3-5,8-9,16H,2,6-7H2,1H3. The van der Waals surface area contributed by atoms with Crippen molar-refractivity contribution >= 4 is 16.9 Å². The van der Waals surface area contributed by atoms with Gasteiger partial charge in [-0.1, -0.05) is 6.07 Å². The van der Waals surface area contributed by atoms with Crippen molar-refractivity contribution in [3.05, 3.63) is 40.2 Å². The second-order valence-electron chi connectivity index (χ2n) is 5.26. The number of fused-ring (bicyclic) bond motifs is 1. The molecule has 2 aromatic rings. The molecular weight excluding hydrogens is 308 g/mol. The minimum Gasteiger partial charge on any atom is -0.462 e. The Morgan fingerprint density at radius 3 is 2.74 bits per heavy atom. The van der Waals surface area contributed by atoms with E-state index in [1.54, 1.807) is 11.5 Å². The van der Waals surface area contributed by atoms with Gasteiger partial charge in [0.15, 0.2) is 5.75 Å². The molecule has 1 aliphatic carbocycles. The van der Waals surface area contributed by atoms with Gasteiger partial charge < -0.3 is 14.0 Å². The van der Waals surface area contributed by atoms with Gasteiger partial charge in [-0.05, 0) is 31.9 Å². The van der Waals surface area contributed by atoms with Gasteiger partial charge in [0.1, 0.15) is 5.56 Å². The summed E-state index contributed by atoms with van der Waals surface area (Å²) in [7, 11) is 0. The summed E-state index contributed by atoms with van der Waals surface area (Å²) >= 11 is 0. The summed E-state index contributed by atoms with van der Waals surface area (Å²) in [6, 6.07) is 4.40. The number of nitrogens with zero attached hydrogens (tertiary/aromatic N) is 1. The summed E-state index contributed by atoms with van der Waals surface area (Å²) in [5.74, 6) is -0.786. The highest BCUT2D eigenvalue weighted by molar-refractivity contribution is 5.95. The molecule has 0 unspecified atom stereocenters. The van der Waals surface area contributed by atoms with Crippen LogP contribution >= 0.6 is 0 Å². The van der Waals surface area contributed by atoms with Crippen LogP contribution in [0.15, 0.2) is 29.2 Å². The molecule has 0 bridgehead atoms. The third-order valence-corrected chi connectivity index (χ3v) is 3.67. The third-order valence-electron chi connectivity index (χ3n) is 3.67. The van der Waals surface area contributed by atoms with Gasteiger partial charge in [-0.3, -0.25) is 4.79 Å². The number of halogens is 2. The summed E-state index contributed by atoms with van der Waals surface area (Å²) in [4.78, 5) is 24.5. The van der Waals surface area contributed by atoms with Crippen LogP contribution in [0, 0.1) is 0 Å². The lowest BCUT2D eigenvalue weighted by Gasteiger charge is -2.15. The molecule has 0 amide bonds. The Morgan fingerprint density at radius 2 is 2.13 bits per heavy atom. The average molecular weight is 323 g/mol. The summed E-state index contributed by atoms with van der Waals surface area (Å²) in [5.41, 5.74) is -0.358. The fraction of sp³-hybridized carbons (Fsp3) is 0.375. The molecule has 0 aliphatic heterocycles. The van der Waals surface area contributed by atoms with Crippen LogP contribution in [-0.2, 0) is 4.74 Å². The molecule has 0 spiro atoms. The zero-order valence-electron chi connectivity index (χ0n) is 12.4. The predicted molar refractivity (Wildman–Crippen MR) is 79.1 cm³/mol. The van der Waals surface area contributed by atoms with E-state index < -0.39 is 18.0 Å². The lowest BCUT2D eigenvalue weighted by molar-refractivity contribution is -0.0490. The molecule has 3 rings (SSSR count). The molecule has 0 atom stereocenters. The van der Waals surface area contributed by atoms with E-state index in [0.29, 0.717) is 0 Å². The number of aromatic nitrogens is 1. The first-order chi connectivity index (χ1) is 11.0. The number of hydrogen-bond acceptors (Lipinski definition) is 4. The highest BCUT2D eigenvalue weighted by Crippen LogP contribution is 2.39. The van der Waals surface area contributed by atoms with Crippen molar-refractivity contribution in [3.8, 4) is 5.75 Å². The van der Waals surface area contributed by atoms with Crippen molar-refractivity contribution in [2.45, 2.75) is 32.4 Å². The molecule has 23 heavy (non-hydrogen) atoms. The number of benzene rings is 1. The number of para-hydroxylation sites is 1. The number of ether oxygens (including phenoxy) is 2. The van der Waals surface area contributed by atoms with Crippen LogP contribution in [-0.4, -0.2) is 23.8 Å². The summed E-state index contributed by atoms with van der Waals surface area (Å²) in [6.07, 6.45) is 3.09. The first kappa shape index (κ1) is 15.5. The summed E-state index contributed by atoms with van der Waals surface area (Å²) < 4.78 is 36.4. The van der Waals surface area contributed by atoms with E-state index in [1.165, 1.54) is 24.4 Å². The molecule has 1 saturated carbocycles. The van der Waals surface area contributed by atoms with Crippen molar-refractivity contribution in [1.29, 1.82) is 0 Å². The van der Waals surface area contributed by atoms with Crippen molar-refractivity contribution in [2.75, 3.05) is 6.61 Å². The minimum atomic E-state index is -2.99. The summed E-state index contributed by atoms with van der Waals surface area (Å²) in [5, 5.41) is 0.167. The van der Waals surface area contributed by atoms with E-state index in [2.05, 4.69) is 4.74 Å². The predicted octanol–water partition coefficient (Wildman–Crippen LogP) is 3.11. The fourth-order valence-electron chi connectivity index (χ4n) is 2.57. The maximum absolute atomic E-state index is 12.6. The number of hydrogen-bond donors (Lipinski definition) is 0. The SMILES string of the molecule is CCOC(=O)c1cn(C2CC2)c2c(OC(F)F)cccc2c1=O. The maximum Gasteiger partial charge on any atom is 0.387 e. The monoisotopic (exact) mass is 323 g/mol. The summed E-state index contributed by atoms with van der Waals surface area (Å²) in [6.45, 7) is -1.20. The number of carbonyl (C=O) groups is 1. The number of esters is 1. The van der Waals surface area contributed by atoms with E-state index in [0.717, 1.165) is 12.8 Å². The highest BCUT2D eigenvalue weighted by atomic mass is 19.3. The molecule has 0 saturated heterocycles. The van der Waals surface area contributed by atoms with E-state index >= 15 is 0 Å². The molecule has 7 heteroatoms. The molecule has 1 heterocycles. The van der Waals surface area contributed by atoms with Crippen LogP contribution in [0.2, 0.25) is 0 Å². The molecule has 1 aliphatic rings. The minimum absolute atomic E-state index is 0.0636. The average Bonchev–Trinajstić information content (AvgIpc) is 3.32. The lowest BCUT2D eigenvalue weighted by atomic mass is 10.1. The Labute approximate surface area is 130 Å². The number of alkyl halides is 2. The lowest BCUT2D eigenvalue weighted by Crippen LogP contribution is -2.21. The zero-order chi connectivity index (χ0) is 16.6. The van der Waals surface area contributed by atoms with Gasteiger partial charge in [-0.2, -0.15) is 8.78 Å². The zero-order valence-corrected chi connectivity index (χ0v) is 12.4. The topological polar surface area (TPSA) is 57.5 Å². The normalized spacial score (nSPS) is 14.3. The first-order valence-corrected chi connectivity index (χ1v) is 7.32. The van der Waals surface area contributed by atoms with Gasteiger partial charge in [0.25, 0.3) is 0 Å². The van der Waals surface area contributed by atoms with Gasteiger partial charge >= 0.3 is 12.6 Å². The fourth-order valence-corrected chi connectivity index (χ4v) is 2.57. The maximum atomic E-state index is 12.6. The van der Waals surface area contributed by atoms with Crippen LogP contribution in [0.5, 0.6) is 5.75 Å². The molecule has 5 nitrogen and oxygen atoms in total. The second kappa shape index (κ2) is 5.98. The molecule has 1 aromatic heterocycles. The van der Waals surface area contributed by atoms with Gasteiger partial charge in [0.05, 0.1) is 17.5 Å². The van der Waals surface area contributed by atoms with Crippen molar-refractivity contribution < 1.29 is 23.0 Å². The number of rotatable bonds is 5. The van der Waals surface area contributed by atoms with Crippen molar-refractivity contribution in [1.82, 2.24) is 4.57 Å². The molecule has 0 radical (unpaired) electrons. The molecular formula is C16H15F2NO4. The van der Waals surface area contributed by atoms with E-state index in [-0.39, 0.29) is 34.9 Å². The Bertz CT molecular complexity index is 812. The highest BCUT2D eigenvalue weighted by Gasteiger charge is 2.28. The number of pyridine rings is 1. The van der Waals surface area contributed by atoms with Gasteiger partial charge in [0, 0.05) is 12.2 Å². The van der Waals surface area contributed by atoms with Crippen LogP contribution < -0.4 is 10.2 Å². The van der Waals surface area contributed by atoms with Crippen molar-refractivity contribution in [2.24, 2.45) is 0 Å². The molecule has 1 fully saturated rings. The second-order valence-corrected chi connectivity index (χ2v) is 5.26. The molecule has 122 valence electrons. The van der Waals surface area contributed by atoms with E-state index in [9.17, 15) is 18.4 Å². The molecule has 0 N–H and O–H groups in total. The first-order valence-electron chi connectivity index (χ1n) is 7.32. The Balaban J connectivity index is 2.26. The Kier molecular flexibility index (Phi) is 4.02. The van der Waals surface area contributed by atoms with Crippen molar-refractivity contribution in [3.63, 3.8) is 0 Å². The molecule has 1 aromatic carbocycles.